The maximum absolute atomic E-state index is 8.70. The van der Waals surface area contributed by atoms with E-state index in [-0.39, 0.29) is 12.2 Å². The first kappa shape index (κ1) is 6.05. The van der Waals surface area contributed by atoms with Crippen LogP contribution in [0.3, 0.4) is 0 Å². The van der Waals surface area contributed by atoms with E-state index in [9.17, 15) is 0 Å². The standard InChI is InChI=1S/C6H12O2/c1-5-3-6(5,4-7)8-2/h5,7H,3-4H2,1-2H3. The van der Waals surface area contributed by atoms with Gasteiger partial charge in [0.15, 0.2) is 0 Å². The van der Waals surface area contributed by atoms with Crippen molar-refractivity contribution in [1.29, 1.82) is 0 Å². The van der Waals surface area contributed by atoms with Gasteiger partial charge in [-0.05, 0) is 12.3 Å². The lowest BCUT2D eigenvalue weighted by molar-refractivity contribution is 0.0174. The Morgan fingerprint density at radius 2 is 2.38 bits per heavy atom. The summed E-state index contributed by atoms with van der Waals surface area (Å²) in [6, 6.07) is 0. The van der Waals surface area contributed by atoms with Gasteiger partial charge in [0.05, 0.1) is 12.2 Å². The van der Waals surface area contributed by atoms with Crippen LogP contribution in [-0.4, -0.2) is 24.4 Å². The second-order valence-electron chi connectivity index (χ2n) is 2.53. The van der Waals surface area contributed by atoms with E-state index in [0.29, 0.717) is 5.92 Å². The minimum Gasteiger partial charge on any atom is -0.393 e. The van der Waals surface area contributed by atoms with E-state index in [1.807, 2.05) is 0 Å². The molecule has 1 fully saturated rings. The summed E-state index contributed by atoms with van der Waals surface area (Å²) in [7, 11) is 1.65. The van der Waals surface area contributed by atoms with Crippen molar-refractivity contribution in [2.75, 3.05) is 13.7 Å². The van der Waals surface area contributed by atoms with Gasteiger partial charge in [-0.15, -0.1) is 0 Å². The van der Waals surface area contributed by atoms with Crippen molar-refractivity contribution in [3.8, 4) is 0 Å². The highest BCUT2D eigenvalue weighted by Gasteiger charge is 2.51. The number of methoxy groups -OCH3 is 1. The Hall–Kier alpha value is -0.0800. The zero-order chi connectivity index (χ0) is 6.20. The summed E-state index contributed by atoms with van der Waals surface area (Å²) in [6.45, 7) is 2.25. The molecule has 1 aliphatic carbocycles. The monoisotopic (exact) mass is 116 g/mol. The molecule has 2 nitrogen and oxygen atoms in total. The SMILES string of the molecule is COC1(CO)CC1C. The molecular weight excluding hydrogens is 104 g/mol. The van der Waals surface area contributed by atoms with Crippen LogP contribution in [0.1, 0.15) is 13.3 Å². The molecule has 2 heteroatoms. The fourth-order valence-corrected chi connectivity index (χ4v) is 1.03. The van der Waals surface area contributed by atoms with Gasteiger partial charge in [-0.1, -0.05) is 6.92 Å². The zero-order valence-electron chi connectivity index (χ0n) is 5.35. The van der Waals surface area contributed by atoms with Crippen LogP contribution in [-0.2, 0) is 4.74 Å². The van der Waals surface area contributed by atoms with Gasteiger partial charge in [-0.3, -0.25) is 0 Å². The smallest absolute Gasteiger partial charge is 0.0938 e. The molecule has 2 atom stereocenters. The molecule has 0 aliphatic heterocycles. The highest BCUT2D eigenvalue weighted by molar-refractivity contribution is 5.01. The van der Waals surface area contributed by atoms with Crippen LogP contribution in [0, 0.1) is 5.92 Å². The number of rotatable bonds is 2. The Bertz CT molecular complexity index is 81.0. The summed E-state index contributed by atoms with van der Waals surface area (Å²) in [4.78, 5) is 0. The lowest BCUT2D eigenvalue weighted by Gasteiger charge is -2.08. The maximum atomic E-state index is 8.70. The molecule has 0 radical (unpaired) electrons. The summed E-state index contributed by atoms with van der Waals surface area (Å²) >= 11 is 0. The van der Waals surface area contributed by atoms with Crippen molar-refractivity contribution < 1.29 is 9.84 Å². The molecule has 0 saturated heterocycles. The van der Waals surface area contributed by atoms with Gasteiger partial charge in [0.1, 0.15) is 0 Å². The van der Waals surface area contributed by atoms with Crippen molar-refractivity contribution in [2.24, 2.45) is 5.92 Å². The van der Waals surface area contributed by atoms with Crippen LogP contribution in [0.2, 0.25) is 0 Å². The Morgan fingerprint density at radius 1 is 1.88 bits per heavy atom. The number of aliphatic hydroxyl groups is 1. The molecule has 0 amide bonds. The summed E-state index contributed by atoms with van der Waals surface area (Å²) in [6.07, 6.45) is 1.01. The fraction of sp³-hybridized carbons (Fsp3) is 1.00. The summed E-state index contributed by atoms with van der Waals surface area (Å²) < 4.78 is 5.06. The van der Waals surface area contributed by atoms with E-state index in [0.717, 1.165) is 6.42 Å². The first-order valence-corrected chi connectivity index (χ1v) is 2.91. The van der Waals surface area contributed by atoms with Crippen LogP contribution in [0.5, 0.6) is 0 Å². The van der Waals surface area contributed by atoms with Gasteiger partial charge in [0, 0.05) is 7.11 Å². The fourth-order valence-electron chi connectivity index (χ4n) is 1.03. The zero-order valence-corrected chi connectivity index (χ0v) is 5.35. The third-order valence-corrected chi connectivity index (χ3v) is 2.06. The van der Waals surface area contributed by atoms with Crippen molar-refractivity contribution in [3.63, 3.8) is 0 Å². The maximum Gasteiger partial charge on any atom is 0.0938 e. The summed E-state index contributed by atoms with van der Waals surface area (Å²) in [5, 5.41) is 8.70. The second kappa shape index (κ2) is 1.71. The average Bonchev–Trinajstić information content (AvgIpc) is 2.43. The van der Waals surface area contributed by atoms with Crippen molar-refractivity contribution in [3.05, 3.63) is 0 Å². The largest absolute Gasteiger partial charge is 0.393 e. The molecule has 48 valence electrons. The first-order chi connectivity index (χ1) is 3.75. The summed E-state index contributed by atoms with van der Waals surface area (Å²) in [5.41, 5.74) is -0.153. The van der Waals surface area contributed by atoms with E-state index in [1.165, 1.54) is 0 Å². The third-order valence-electron chi connectivity index (χ3n) is 2.06. The molecule has 2 unspecified atom stereocenters. The van der Waals surface area contributed by atoms with E-state index in [4.69, 9.17) is 9.84 Å². The molecule has 1 N–H and O–H groups in total. The van der Waals surface area contributed by atoms with Gasteiger partial charge in [-0.25, -0.2) is 0 Å². The minimum absolute atomic E-state index is 0.153. The van der Waals surface area contributed by atoms with E-state index < -0.39 is 0 Å². The Morgan fingerprint density at radius 3 is 2.38 bits per heavy atom. The summed E-state index contributed by atoms with van der Waals surface area (Å²) in [5.74, 6) is 0.553. The first-order valence-electron chi connectivity index (χ1n) is 2.91. The molecule has 1 saturated carbocycles. The number of hydrogen-bond donors (Lipinski definition) is 1. The lowest BCUT2D eigenvalue weighted by Crippen LogP contribution is -2.19. The number of ether oxygens (including phenoxy) is 1. The number of hydrogen-bond acceptors (Lipinski definition) is 2. The molecule has 0 bridgehead atoms. The minimum atomic E-state index is -0.153. The van der Waals surface area contributed by atoms with Gasteiger partial charge >= 0.3 is 0 Å². The molecule has 0 aromatic heterocycles. The lowest BCUT2D eigenvalue weighted by atomic mass is 10.3. The second-order valence-corrected chi connectivity index (χ2v) is 2.53. The quantitative estimate of drug-likeness (QED) is 0.566. The van der Waals surface area contributed by atoms with E-state index in [1.54, 1.807) is 7.11 Å². The normalized spacial score (nSPS) is 44.6. The Kier molecular flexibility index (Phi) is 1.29. The predicted molar refractivity (Wildman–Crippen MR) is 30.6 cm³/mol. The van der Waals surface area contributed by atoms with Crippen molar-refractivity contribution >= 4 is 0 Å². The molecule has 1 aliphatic rings. The van der Waals surface area contributed by atoms with Gasteiger partial charge in [-0.2, -0.15) is 0 Å². The Labute approximate surface area is 49.5 Å². The average molecular weight is 116 g/mol. The molecule has 0 heterocycles. The molecule has 8 heavy (non-hydrogen) atoms. The predicted octanol–water partition coefficient (Wildman–Crippen LogP) is 0.404. The van der Waals surface area contributed by atoms with Gasteiger partial charge in [0.2, 0.25) is 0 Å². The van der Waals surface area contributed by atoms with Crippen molar-refractivity contribution in [1.82, 2.24) is 0 Å². The van der Waals surface area contributed by atoms with Gasteiger partial charge in [0.25, 0.3) is 0 Å². The topological polar surface area (TPSA) is 29.5 Å². The Balaban J connectivity index is 2.39. The third kappa shape index (κ3) is 0.644. The highest BCUT2D eigenvalue weighted by Crippen LogP contribution is 2.45. The van der Waals surface area contributed by atoms with Crippen molar-refractivity contribution in [2.45, 2.75) is 18.9 Å². The molecule has 1 rings (SSSR count). The number of aliphatic hydroxyl groups excluding tert-OH is 1. The highest BCUT2D eigenvalue weighted by atomic mass is 16.5. The van der Waals surface area contributed by atoms with Crippen LogP contribution in [0.15, 0.2) is 0 Å². The molecular formula is C6H12O2. The van der Waals surface area contributed by atoms with Crippen LogP contribution in [0.25, 0.3) is 0 Å². The molecule has 0 aromatic carbocycles. The van der Waals surface area contributed by atoms with Crippen LogP contribution >= 0.6 is 0 Å². The molecule has 0 aromatic rings. The van der Waals surface area contributed by atoms with Gasteiger partial charge < -0.3 is 9.84 Å². The van der Waals surface area contributed by atoms with E-state index in [2.05, 4.69) is 6.92 Å². The van der Waals surface area contributed by atoms with Crippen LogP contribution < -0.4 is 0 Å². The van der Waals surface area contributed by atoms with Crippen LogP contribution in [0.4, 0.5) is 0 Å². The van der Waals surface area contributed by atoms with E-state index >= 15 is 0 Å². The molecule has 0 spiro atoms.